The van der Waals surface area contributed by atoms with E-state index in [4.69, 9.17) is 4.74 Å². The molecule has 1 fully saturated rings. The minimum Gasteiger partial charge on any atom is -0.370 e. The largest absolute Gasteiger partial charge is 0.370 e. The summed E-state index contributed by atoms with van der Waals surface area (Å²) in [4.78, 5) is 17.3. The van der Waals surface area contributed by atoms with Crippen LogP contribution in [-0.2, 0) is 29.0 Å². The number of rotatable bonds is 6. The number of aromatic amines is 1. The van der Waals surface area contributed by atoms with E-state index in [0.717, 1.165) is 49.3 Å². The molecule has 1 aliphatic heterocycles. The molecule has 0 unspecified atom stereocenters. The zero-order valence-corrected chi connectivity index (χ0v) is 15.5. The summed E-state index contributed by atoms with van der Waals surface area (Å²) in [6.45, 7) is 5.30. The Kier molecular flexibility index (Phi) is 5.51. The topological polar surface area (TPSA) is 58.6 Å². The number of fused-ring (bicyclic) bond motifs is 1. The summed E-state index contributed by atoms with van der Waals surface area (Å²) < 4.78 is 5.45. The van der Waals surface area contributed by atoms with E-state index in [0.29, 0.717) is 13.0 Å². The van der Waals surface area contributed by atoms with Crippen molar-refractivity contribution in [3.05, 3.63) is 71.4 Å². The van der Waals surface area contributed by atoms with Crippen LogP contribution in [0.4, 0.5) is 0 Å². The van der Waals surface area contributed by atoms with E-state index in [1.807, 2.05) is 30.5 Å². The molecule has 3 N–H and O–H groups in total. The quantitative estimate of drug-likeness (QED) is 0.620. The van der Waals surface area contributed by atoms with Crippen LogP contribution in [0.2, 0.25) is 0 Å². The molecule has 140 valence electrons. The molecule has 1 aliphatic rings. The predicted molar refractivity (Wildman–Crippen MR) is 106 cm³/mol. The molecule has 4 rings (SSSR count). The fourth-order valence-electron chi connectivity index (χ4n) is 3.72. The highest BCUT2D eigenvalue weighted by Crippen LogP contribution is 2.18. The van der Waals surface area contributed by atoms with Crippen LogP contribution >= 0.6 is 0 Å². The van der Waals surface area contributed by atoms with Gasteiger partial charge < -0.3 is 19.9 Å². The first-order chi connectivity index (χ1) is 13.3. The summed E-state index contributed by atoms with van der Waals surface area (Å²) in [6, 6.07) is 16.5. The van der Waals surface area contributed by atoms with Gasteiger partial charge in [-0.3, -0.25) is 4.79 Å². The van der Waals surface area contributed by atoms with Crippen molar-refractivity contribution in [2.24, 2.45) is 0 Å². The number of hydrogen-bond acceptors (Lipinski definition) is 2. The van der Waals surface area contributed by atoms with E-state index >= 15 is 0 Å². The summed E-state index contributed by atoms with van der Waals surface area (Å²) in [7, 11) is 0. The average Bonchev–Trinajstić information content (AvgIpc) is 3.11. The van der Waals surface area contributed by atoms with Crippen LogP contribution in [0.3, 0.4) is 0 Å². The van der Waals surface area contributed by atoms with E-state index in [-0.39, 0.29) is 5.91 Å². The highest BCUT2D eigenvalue weighted by molar-refractivity contribution is 5.88. The van der Waals surface area contributed by atoms with Crippen LogP contribution in [-0.4, -0.2) is 37.2 Å². The summed E-state index contributed by atoms with van der Waals surface area (Å²) >= 11 is 0. The first-order valence-corrected chi connectivity index (χ1v) is 9.59. The molecule has 1 amide bonds. The van der Waals surface area contributed by atoms with Crippen LogP contribution in [0, 0.1) is 0 Å². The van der Waals surface area contributed by atoms with Crippen LogP contribution in [0.1, 0.15) is 16.7 Å². The van der Waals surface area contributed by atoms with E-state index in [9.17, 15) is 4.79 Å². The molecule has 2 heterocycles. The highest BCUT2D eigenvalue weighted by Gasteiger charge is 2.16. The van der Waals surface area contributed by atoms with E-state index in [2.05, 4.69) is 34.6 Å². The SMILES string of the molecule is O=C(Cc1c[nH]c2ccccc12)NCc1ccccc1C[NH+]1CCOCC1. The number of carbonyl (C=O) groups is 1. The number of hydrogen-bond donors (Lipinski definition) is 3. The van der Waals surface area contributed by atoms with Gasteiger partial charge in [-0.2, -0.15) is 0 Å². The summed E-state index contributed by atoms with van der Waals surface area (Å²) in [5, 5.41) is 4.21. The van der Waals surface area contributed by atoms with Gasteiger partial charge in [-0.05, 0) is 17.2 Å². The molecular weight excluding hydrogens is 338 g/mol. The second-order valence-electron chi connectivity index (χ2n) is 7.12. The Morgan fingerprint density at radius 2 is 1.74 bits per heavy atom. The zero-order valence-electron chi connectivity index (χ0n) is 15.5. The lowest BCUT2D eigenvalue weighted by Crippen LogP contribution is -3.12. The fourth-order valence-corrected chi connectivity index (χ4v) is 3.72. The third kappa shape index (κ3) is 4.38. The zero-order chi connectivity index (χ0) is 18.5. The maximum absolute atomic E-state index is 12.5. The number of morpholine rings is 1. The third-order valence-corrected chi connectivity index (χ3v) is 5.26. The molecule has 0 radical (unpaired) electrons. The van der Waals surface area contributed by atoms with Gasteiger partial charge in [0.05, 0.1) is 19.6 Å². The average molecular weight is 364 g/mol. The van der Waals surface area contributed by atoms with Gasteiger partial charge in [0.25, 0.3) is 0 Å². The summed E-state index contributed by atoms with van der Waals surface area (Å²) in [5.41, 5.74) is 4.61. The number of aromatic nitrogens is 1. The number of benzene rings is 2. The Morgan fingerprint density at radius 3 is 2.59 bits per heavy atom. The predicted octanol–water partition coefficient (Wildman–Crippen LogP) is 1.44. The van der Waals surface area contributed by atoms with Gasteiger partial charge in [-0.25, -0.2) is 0 Å². The van der Waals surface area contributed by atoms with Crippen LogP contribution in [0.5, 0.6) is 0 Å². The van der Waals surface area contributed by atoms with Crippen molar-refractivity contribution < 1.29 is 14.4 Å². The van der Waals surface area contributed by atoms with Gasteiger partial charge >= 0.3 is 0 Å². The molecule has 2 aromatic carbocycles. The molecule has 0 bridgehead atoms. The van der Waals surface area contributed by atoms with Crippen molar-refractivity contribution in [3.8, 4) is 0 Å². The van der Waals surface area contributed by atoms with Gasteiger partial charge in [-0.1, -0.05) is 42.5 Å². The number of amides is 1. The van der Waals surface area contributed by atoms with Crippen molar-refractivity contribution in [1.82, 2.24) is 10.3 Å². The molecule has 0 atom stereocenters. The Bertz CT molecular complexity index is 913. The highest BCUT2D eigenvalue weighted by atomic mass is 16.5. The summed E-state index contributed by atoms with van der Waals surface area (Å²) in [5.74, 6) is 0.0493. The molecule has 0 spiro atoms. The van der Waals surface area contributed by atoms with Crippen molar-refractivity contribution in [2.45, 2.75) is 19.5 Å². The van der Waals surface area contributed by atoms with Crippen LogP contribution < -0.4 is 10.2 Å². The number of para-hydroxylation sites is 1. The fraction of sp³-hybridized carbons (Fsp3) is 0.318. The van der Waals surface area contributed by atoms with E-state index in [1.165, 1.54) is 11.1 Å². The Morgan fingerprint density at radius 1 is 1.00 bits per heavy atom. The van der Waals surface area contributed by atoms with Crippen molar-refractivity contribution in [2.75, 3.05) is 26.3 Å². The lowest BCUT2D eigenvalue weighted by Gasteiger charge is -2.24. The third-order valence-electron chi connectivity index (χ3n) is 5.26. The summed E-state index contributed by atoms with van der Waals surface area (Å²) in [6.07, 6.45) is 2.32. The van der Waals surface area contributed by atoms with Gasteiger partial charge in [0.1, 0.15) is 19.6 Å². The van der Waals surface area contributed by atoms with Gasteiger partial charge in [-0.15, -0.1) is 0 Å². The number of ether oxygens (including phenoxy) is 1. The Hall–Kier alpha value is -2.63. The second kappa shape index (κ2) is 8.37. The maximum Gasteiger partial charge on any atom is 0.224 e. The molecule has 0 saturated carbocycles. The smallest absolute Gasteiger partial charge is 0.224 e. The van der Waals surface area contributed by atoms with Crippen LogP contribution in [0.15, 0.2) is 54.7 Å². The lowest BCUT2D eigenvalue weighted by atomic mass is 10.1. The normalized spacial score (nSPS) is 15.1. The molecule has 0 aliphatic carbocycles. The number of quaternary nitrogens is 1. The van der Waals surface area contributed by atoms with E-state index in [1.54, 1.807) is 4.90 Å². The van der Waals surface area contributed by atoms with E-state index < -0.39 is 0 Å². The van der Waals surface area contributed by atoms with Gasteiger partial charge in [0.15, 0.2) is 0 Å². The molecule has 1 aromatic heterocycles. The molecule has 3 aromatic rings. The van der Waals surface area contributed by atoms with Gasteiger partial charge in [0.2, 0.25) is 5.91 Å². The standard InChI is InChI=1S/C22H25N3O2/c26-22(13-19-15-23-21-8-4-3-7-20(19)21)24-14-17-5-1-2-6-18(17)16-25-9-11-27-12-10-25/h1-8,15,23H,9-14,16H2,(H,24,26)/p+1. The number of H-pyrrole nitrogens is 1. The minimum atomic E-state index is 0.0493. The Balaban J connectivity index is 1.37. The minimum absolute atomic E-state index is 0.0493. The van der Waals surface area contributed by atoms with Gasteiger partial charge in [0, 0.05) is 29.2 Å². The first-order valence-electron chi connectivity index (χ1n) is 9.59. The molecule has 27 heavy (non-hydrogen) atoms. The second-order valence-corrected chi connectivity index (χ2v) is 7.12. The van der Waals surface area contributed by atoms with Crippen molar-refractivity contribution in [1.29, 1.82) is 0 Å². The first kappa shape index (κ1) is 17.8. The monoisotopic (exact) mass is 364 g/mol. The Labute approximate surface area is 159 Å². The molecule has 1 saturated heterocycles. The van der Waals surface area contributed by atoms with Crippen molar-refractivity contribution >= 4 is 16.8 Å². The maximum atomic E-state index is 12.5. The number of carbonyl (C=O) groups excluding carboxylic acids is 1. The molecular formula is C22H26N3O2+. The molecule has 5 heteroatoms. The molecule has 5 nitrogen and oxygen atoms in total. The van der Waals surface area contributed by atoms with Crippen LogP contribution in [0.25, 0.3) is 10.9 Å². The number of nitrogens with one attached hydrogen (secondary N) is 3. The lowest BCUT2D eigenvalue weighted by molar-refractivity contribution is -0.921. The van der Waals surface area contributed by atoms with Crippen molar-refractivity contribution in [3.63, 3.8) is 0 Å².